The Balaban J connectivity index is 1.11. The first kappa shape index (κ1) is 31.2. The second-order valence-electron chi connectivity index (χ2n) is 14.2. The number of para-hydroxylation sites is 2. The molecule has 0 saturated heterocycles. The molecule has 10 aromatic carbocycles. The quantitative estimate of drug-likeness (QED) is 0.161. The van der Waals surface area contributed by atoms with Crippen LogP contribution in [-0.2, 0) is 0 Å². The number of rotatable bonds is 6. The number of furan rings is 1. The fourth-order valence-electron chi connectivity index (χ4n) is 8.39. The zero-order valence-electron chi connectivity index (χ0n) is 29.9. The molecule has 55 heavy (non-hydrogen) atoms. The summed E-state index contributed by atoms with van der Waals surface area (Å²) in [5.74, 6) is 0. The lowest BCUT2D eigenvalue weighted by atomic mass is 9.96. The molecule has 3 heteroatoms. The Bertz CT molecular complexity index is 3220. The van der Waals surface area contributed by atoms with Crippen molar-refractivity contribution in [3.63, 3.8) is 0 Å². The van der Waals surface area contributed by atoms with Gasteiger partial charge in [-0.05, 0) is 117 Å². The third-order valence-electron chi connectivity index (χ3n) is 10.9. The maximum atomic E-state index is 6.98. The van der Waals surface area contributed by atoms with Crippen LogP contribution in [0.2, 0.25) is 0 Å². The van der Waals surface area contributed by atoms with Crippen LogP contribution in [0.4, 0.5) is 34.1 Å². The van der Waals surface area contributed by atoms with E-state index in [1.54, 1.807) is 0 Å². The summed E-state index contributed by atoms with van der Waals surface area (Å²) in [4.78, 5) is 4.66. The van der Waals surface area contributed by atoms with Crippen molar-refractivity contribution in [3.05, 3.63) is 206 Å². The lowest BCUT2D eigenvalue weighted by molar-refractivity contribution is 0.673. The maximum Gasteiger partial charge on any atom is 0.143 e. The Morgan fingerprint density at radius 2 is 0.727 bits per heavy atom. The highest BCUT2D eigenvalue weighted by Crippen LogP contribution is 2.46. The normalized spacial score (nSPS) is 11.6. The highest BCUT2D eigenvalue weighted by atomic mass is 16.3. The van der Waals surface area contributed by atoms with Crippen molar-refractivity contribution in [2.45, 2.75) is 0 Å². The highest BCUT2D eigenvalue weighted by Gasteiger charge is 2.21. The molecule has 0 bridgehead atoms. The predicted octanol–water partition coefficient (Wildman–Crippen LogP) is 15.1. The van der Waals surface area contributed by atoms with Crippen LogP contribution in [0, 0.1) is 0 Å². The van der Waals surface area contributed by atoms with Crippen molar-refractivity contribution >= 4 is 99.2 Å². The molecule has 0 spiro atoms. The van der Waals surface area contributed by atoms with Crippen molar-refractivity contribution in [2.24, 2.45) is 0 Å². The van der Waals surface area contributed by atoms with E-state index in [-0.39, 0.29) is 0 Å². The van der Waals surface area contributed by atoms with Crippen LogP contribution in [0.25, 0.3) is 65.0 Å². The second kappa shape index (κ2) is 12.6. The lowest BCUT2D eigenvalue weighted by Crippen LogP contribution is -2.09. The minimum atomic E-state index is 0.859. The van der Waals surface area contributed by atoms with Crippen molar-refractivity contribution in [3.8, 4) is 0 Å². The second-order valence-corrected chi connectivity index (χ2v) is 14.2. The topological polar surface area (TPSA) is 19.6 Å². The number of fused-ring (bicyclic) bond motifs is 10. The van der Waals surface area contributed by atoms with E-state index in [1.807, 2.05) is 0 Å². The Kier molecular flexibility index (Phi) is 7.17. The SMILES string of the molecule is c1ccc(N(c2ccc3ccccc3c2)c2ccc3c(c2)oc2c4ccc(N(c5ccccc5)c5ccc6ccccc6c5)cc4c4ccccc4c32)cc1. The van der Waals surface area contributed by atoms with Gasteiger partial charge in [0.1, 0.15) is 11.2 Å². The molecule has 0 aliphatic heterocycles. The molecule has 0 radical (unpaired) electrons. The van der Waals surface area contributed by atoms with E-state index < -0.39 is 0 Å². The zero-order chi connectivity index (χ0) is 36.3. The van der Waals surface area contributed by atoms with E-state index in [2.05, 4.69) is 216 Å². The van der Waals surface area contributed by atoms with Gasteiger partial charge in [0.05, 0.1) is 0 Å². The fourth-order valence-corrected chi connectivity index (χ4v) is 8.39. The zero-order valence-corrected chi connectivity index (χ0v) is 29.9. The van der Waals surface area contributed by atoms with Crippen LogP contribution in [-0.4, -0.2) is 0 Å². The molecule has 3 nitrogen and oxygen atoms in total. The third kappa shape index (κ3) is 5.20. The fraction of sp³-hybridized carbons (Fsp3) is 0. The van der Waals surface area contributed by atoms with E-state index >= 15 is 0 Å². The summed E-state index contributed by atoms with van der Waals surface area (Å²) in [5.41, 5.74) is 8.29. The highest BCUT2D eigenvalue weighted by molar-refractivity contribution is 6.30. The van der Waals surface area contributed by atoms with Crippen LogP contribution < -0.4 is 9.80 Å². The maximum absolute atomic E-state index is 6.98. The molecule has 11 aromatic rings. The van der Waals surface area contributed by atoms with Crippen molar-refractivity contribution in [1.82, 2.24) is 0 Å². The van der Waals surface area contributed by atoms with Crippen molar-refractivity contribution < 1.29 is 4.42 Å². The molecule has 1 aromatic heterocycles. The molecule has 0 N–H and O–H groups in total. The van der Waals surface area contributed by atoms with Gasteiger partial charge < -0.3 is 14.2 Å². The summed E-state index contributed by atoms with van der Waals surface area (Å²) in [6.45, 7) is 0. The molecule has 0 saturated carbocycles. The average molecular weight is 703 g/mol. The summed E-state index contributed by atoms with van der Waals surface area (Å²) >= 11 is 0. The van der Waals surface area contributed by atoms with Gasteiger partial charge in [0.25, 0.3) is 0 Å². The Morgan fingerprint density at radius 1 is 0.273 bits per heavy atom. The van der Waals surface area contributed by atoms with Gasteiger partial charge in [0.15, 0.2) is 0 Å². The van der Waals surface area contributed by atoms with Crippen LogP contribution in [0.15, 0.2) is 211 Å². The smallest absolute Gasteiger partial charge is 0.143 e. The number of anilines is 6. The van der Waals surface area contributed by atoms with Gasteiger partial charge in [0, 0.05) is 56.3 Å². The molecule has 258 valence electrons. The first-order valence-electron chi connectivity index (χ1n) is 18.8. The summed E-state index contributed by atoms with van der Waals surface area (Å²) in [5, 5.41) is 11.7. The first-order valence-corrected chi connectivity index (χ1v) is 18.8. The molecular weight excluding hydrogens is 669 g/mol. The van der Waals surface area contributed by atoms with E-state index in [4.69, 9.17) is 4.42 Å². The summed E-state index contributed by atoms with van der Waals surface area (Å²) in [7, 11) is 0. The molecule has 0 fully saturated rings. The van der Waals surface area contributed by atoms with Gasteiger partial charge in [-0.3, -0.25) is 0 Å². The van der Waals surface area contributed by atoms with E-state index in [1.165, 1.54) is 32.3 Å². The van der Waals surface area contributed by atoms with Gasteiger partial charge >= 0.3 is 0 Å². The van der Waals surface area contributed by atoms with Crippen LogP contribution in [0.5, 0.6) is 0 Å². The van der Waals surface area contributed by atoms with E-state index in [0.717, 1.165) is 66.8 Å². The summed E-state index contributed by atoms with van der Waals surface area (Å²) in [6, 6.07) is 73.8. The first-order chi connectivity index (χ1) is 27.3. The van der Waals surface area contributed by atoms with Crippen LogP contribution >= 0.6 is 0 Å². The molecule has 0 aliphatic carbocycles. The molecule has 11 rings (SSSR count). The molecule has 0 amide bonds. The van der Waals surface area contributed by atoms with E-state index in [9.17, 15) is 0 Å². The Hall–Kier alpha value is -7.36. The number of nitrogens with zero attached hydrogens (tertiary/aromatic N) is 2. The molecular formula is C52H34N2O. The molecule has 0 atom stereocenters. The Labute approximate surface area is 318 Å². The molecule has 0 unspecified atom stereocenters. The average Bonchev–Trinajstić information content (AvgIpc) is 3.64. The van der Waals surface area contributed by atoms with Gasteiger partial charge in [0.2, 0.25) is 0 Å². The third-order valence-corrected chi connectivity index (χ3v) is 10.9. The minimum absolute atomic E-state index is 0.859. The van der Waals surface area contributed by atoms with E-state index in [0.29, 0.717) is 0 Å². The van der Waals surface area contributed by atoms with Crippen LogP contribution in [0.1, 0.15) is 0 Å². The number of hydrogen-bond donors (Lipinski definition) is 0. The van der Waals surface area contributed by atoms with Gasteiger partial charge in [-0.1, -0.05) is 121 Å². The minimum Gasteiger partial charge on any atom is -0.455 e. The molecule has 0 aliphatic rings. The van der Waals surface area contributed by atoms with Gasteiger partial charge in [-0.15, -0.1) is 0 Å². The van der Waals surface area contributed by atoms with Gasteiger partial charge in [-0.2, -0.15) is 0 Å². The largest absolute Gasteiger partial charge is 0.455 e. The predicted molar refractivity (Wildman–Crippen MR) is 233 cm³/mol. The molecule has 1 heterocycles. The Morgan fingerprint density at radius 3 is 1.33 bits per heavy atom. The summed E-state index contributed by atoms with van der Waals surface area (Å²) in [6.07, 6.45) is 0. The summed E-state index contributed by atoms with van der Waals surface area (Å²) < 4.78 is 6.98. The standard InChI is InChI=1S/C52H34N2O/c1-3-17-39(18-4-1)53(41-25-23-35-13-7-9-15-37(35)31-41)43-27-29-47-49(33-43)45-21-11-12-22-46(45)51-48-30-28-44(34-50(48)55-52(47)51)54(40-19-5-2-6-20-40)42-26-24-36-14-8-10-16-38(36)32-42/h1-34H. The monoisotopic (exact) mass is 702 g/mol. The number of hydrogen-bond acceptors (Lipinski definition) is 3. The van der Waals surface area contributed by atoms with Crippen LogP contribution in [0.3, 0.4) is 0 Å². The van der Waals surface area contributed by atoms with Gasteiger partial charge in [-0.25, -0.2) is 0 Å². The van der Waals surface area contributed by atoms with Crippen molar-refractivity contribution in [2.75, 3.05) is 9.80 Å². The van der Waals surface area contributed by atoms with Crippen molar-refractivity contribution in [1.29, 1.82) is 0 Å². The number of benzene rings is 10. The lowest BCUT2D eigenvalue weighted by Gasteiger charge is -2.26.